The van der Waals surface area contributed by atoms with Crippen LogP contribution in [0.3, 0.4) is 0 Å². The first-order valence-corrected chi connectivity index (χ1v) is 19.9. The number of esters is 1. The molecule has 9 heteroatoms. The molecule has 2 aliphatic rings. The molecule has 2 fully saturated rings. The summed E-state index contributed by atoms with van der Waals surface area (Å²) in [5.74, 6) is 4.27. The molecule has 0 aromatic heterocycles. The molecule has 2 heterocycles. The van der Waals surface area contributed by atoms with E-state index in [0.29, 0.717) is 61.6 Å². The number of rotatable bonds is 15. The molecule has 2 unspecified atom stereocenters. The van der Waals surface area contributed by atoms with Crippen molar-refractivity contribution in [2.75, 3.05) is 32.3 Å². The second kappa shape index (κ2) is 17.4. The summed E-state index contributed by atoms with van der Waals surface area (Å²) >= 11 is 3.80. The molecular formula is C44H44O7S2. The van der Waals surface area contributed by atoms with Gasteiger partial charge in [-0.15, -0.1) is 23.5 Å². The molecule has 5 aromatic carbocycles. The normalized spacial score (nSPS) is 17.8. The van der Waals surface area contributed by atoms with E-state index in [2.05, 4.69) is 12.1 Å². The maximum Gasteiger partial charge on any atom is 0.309 e. The summed E-state index contributed by atoms with van der Waals surface area (Å²) in [5, 5.41) is 0. The Balaban J connectivity index is 1.26. The third kappa shape index (κ3) is 8.58. The first kappa shape index (κ1) is 36.6. The van der Waals surface area contributed by atoms with Gasteiger partial charge in [0.1, 0.15) is 19.8 Å². The zero-order valence-corrected chi connectivity index (χ0v) is 31.7. The highest BCUT2D eigenvalue weighted by molar-refractivity contribution is 8.18. The van der Waals surface area contributed by atoms with Crippen LogP contribution in [-0.2, 0) is 39.9 Å². The van der Waals surface area contributed by atoms with Crippen molar-refractivity contribution < 1.29 is 33.2 Å². The number of carbonyl (C=O) groups is 1. The summed E-state index contributed by atoms with van der Waals surface area (Å²) in [6.45, 7) is 1.36. The zero-order valence-electron chi connectivity index (χ0n) is 30.0. The standard InChI is InChI=1S/C44H44O7S2/c1-46-38-20-19-35(26-39(38)47-2)44(52-21-12-22-53-44)37-30-51-43(45)36(37)23-34-24-40(48-27-31-13-6-3-7-14-31)42(50-29-33-17-10-5-11-18-33)41(25-34)49-28-32-15-8-4-9-16-32/h3-11,13-20,24-26,36-37H,12,21-23,27-30H2,1-2H3. The van der Waals surface area contributed by atoms with Crippen molar-refractivity contribution in [1.29, 1.82) is 0 Å². The van der Waals surface area contributed by atoms with Gasteiger partial charge in [0.15, 0.2) is 23.0 Å². The van der Waals surface area contributed by atoms with Crippen LogP contribution in [0.4, 0.5) is 0 Å². The molecule has 7 rings (SSSR count). The van der Waals surface area contributed by atoms with Gasteiger partial charge in [-0.2, -0.15) is 0 Å². The van der Waals surface area contributed by atoms with E-state index in [-0.39, 0.29) is 11.9 Å². The van der Waals surface area contributed by atoms with Crippen LogP contribution in [0, 0.1) is 11.8 Å². The van der Waals surface area contributed by atoms with Crippen LogP contribution in [0.5, 0.6) is 28.7 Å². The lowest BCUT2D eigenvalue weighted by atomic mass is 9.83. The molecule has 0 amide bonds. The number of carbonyl (C=O) groups excluding carboxylic acids is 1. The highest BCUT2D eigenvalue weighted by Gasteiger charge is 2.53. The van der Waals surface area contributed by atoms with Crippen molar-refractivity contribution in [2.45, 2.75) is 36.7 Å². The SMILES string of the molecule is COc1ccc(C2(C3COC(=O)C3Cc3cc(OCc4ccccc4)c(OCc4ccccc4)c(OCc4ccccc4)c3)SCCCS2)cc1OC. The van der Waals surface area contributed by atoms with Gasteiger partial charge in [0.05, 0.1) is 30.8 Å². The molecule has 2 aliphatic heterocycles. The lowest BCUT2D eigenvalue weighted by Crippen LogP contribution is -2.37. The number of cyclic esters (lactones) is 1. The minimum Gasteiger partial charge on any atom is -0.493 e. The van der Waals surface area contributed by atoms with Crippen LogP contribution in [-0.4, -0.2) is 38.3 Å². The lowest BCUT2D eigenvalue weighted by Gasteiger charge is -2.42. The zero-order chi connectivity index (χ0) is 36.5. The molecule has 0 N–H and O–H groups in total. The van der Waals surface area contributed by atoms with E-state index in [9.17, 15) is 4.79 Å². The number of ether oxygens (including phenoxy) is 6. The van der Waals surface area contributed by atoms with Crippen LogP contribution in [0.15, 0.2) is 121 Å². The maximum atomic E-state index is 13.8. The van der Waals surface area contributed by atoms with Gasteiger partial charge in [-0.05, 0) is 76.4 Å². The monoisotopic (exact) mass is 748 g/mol. The predicted molar refractivity (Wildman–Crippen MR) is 211 cm³/mol. The van der Waals surface area contributed by atoms with E-state index in [0.717, 1.165) is 45.7 Å². The van der Waals surface area contributed by atoms with Crippen LogP contribution in [0.2, 0.25) is 0 Å². The van der Waals surface area contributed by atoms with Gasteiger partial charge in [0, 0.05) is 5.92 Å². The van der Waals surface area contributed by atoms with E-state index in [1.807, 2.05) is 133 Å². The predicted octanol–water partition coefficient (Wildman–Crippen LogP) is 9.50. The highest BCUT2D eigenvalue weighted by atomic mass is 32.2. The molecule has 0 saturated carbocycles. The molecule has 0 spiro atoms. The molecule has 0 aliphatic carbocycles. The van der Waals surface area contributed by atoms with Crippen LogP contribution in [0.25, 0.3) is 0 Å². The molecule has 0 bridgehead atoms. The minimum absolute atomic E-state index is 0.0974. The number of hydrogen-bond donors (Lipinski definition) is 0. The third-order valence-electron chi connectivity index (χ3n) is 9.63. The van der Waals surface area contributed by atoms with Gasteiger partial charge < -0.3 is 28.4 Å². The number of benzene rings is 5. The summed E-state index contributed by atoms with van der Waals surface area (Å²) in [6, 6.07) is 40.3. The average Bonchev–Trinajstić information content (AvgIpc) is 3.59. The van der Waals surface area contributed by atoms with Gasteiger partial charge in [0.25, 0.3) is 0 Å². The Bertz CT molecular complexity index is 1890. The molecule has 2 saturated heterocycles. The molecule has 7 nitrogen and oxygen atoms in total. The first-order chi connectivity index (χ1) is 26.1. The second-order valence-electron chi connectivity index (χ2n) is 13.1. The average molecular weight is 749 g/mol. The van der Waals surface area contributed by atoms with Crippen molar-refractivity contribution in [3.05, 3.63) is 149 Å². The summed E-state index contributed by atoms with van der Waals surface area (Å²) in [4.78, 5) is 13.8. The van der Waals surface area contributed by atoms with Crippen LogP contribution in [0.1, 0.15) is 34.2 Å². The van der Waals surface area contributed by atoms with Gasteiger partial charge in [-0.1, -0.05) is 97.1 Å². The fourth-order valence-electron chi connectivity index (χ4n) is 6.92. The molecule has 53 heavy (non-hydrogen) atoms. The topological polar surface area (TPSA) is 72.5 Å². The van der Waals surface area contributed by atoms with Crippen LogP contribution >= 0.6 is 23.5 Å². The van der Waals surface area contributed by atoms with Crippen molar-refractivity contribution >= 4 is 29.5 Å². The summed E-state index contributed by atoms with van der Waals surface area (Å²) in [7, 11) is 3.30. The van der Waals surface area contributed by atoms with Gasteiger partial charge in [0.2, 0.25) is 5.75 Å². The van der Waals surface area contributed by atoms with Crippen molar-refractivity contribution in [1.82, 2.24) is 0 Å². The number of methoxy groups -OCH3 is 2. The second-order valence-corrected chi connectivity index (χ2v) is 16.0. The molecule has 0 radical (unpaired) electrons. The van der Waals surface area contributed by atoms with Gasteiger partial charge in [-0.25, -0.2) is 0 Å². The van der Waals surface area contributed by atoms with Gasteiger partial charge in [-0.3, -0.25) is 4.79 Å². The highest BCUT2D eigenvalue weighted by Crippen LogP contribution is 2.59. The Labute approximate surface area is 320 Å². The van der Waals surface area contributed by atoms with E-state index in [1.54, 1.807) is 14.2 Å². The van der Waals surface area contributed by atoms with Crippen molar-refractivity contribution in [2.24, 2.45) is 11.8 Å². The Morgan fingerprint density at radius 1 is 0.623 bits per heavy atom. The van der Waals surface area contributed by atoms with E-state index < -0.39 is 10.00 Å². The number of hydrogen-bond acceptors (Lipinski definition) is 9. The van der Waals surface area contributed by atoms with Crippen LogP contribution < -0.4 is 23.7 Å². The quantitative estimate of drug-likeness (QED) is 0.0974. The number of thioether (sulfide) groups is 2. The third-order valence-corrected chi connectivity index (χ3v) is 13.3. The minimum atomic E-state index is -0.410. The Hall–Kier alpha value is -4.73. The van der Waals surface area contributed by atoms with Crippen molar-refractivity contribution in [3.8, 4) is 28.7 Å². The van der Waals surface area contributed by atoms with E-state index in [1.165, 1.54) is 0 Å². The molecule has 5 aromatic rings. The fourth-order valence-corrected chi connectivity index (χ4v) is 10.6. The van der Waals surface area contributed by atoms with Crippen molar-refractivity contribution in [3.63, 3.8) is 0 Å². The molecule has 2 atom stereocenters. The molecular weight excluding hydrogens is 705 g/mol. The largest absolute Gasteiger partial charge is 0.493 e. The Kier molecular flexibility index (Phi) is 12.0. The maximum absolute atomic E-state index is 13.8. The summed E-state index contributed by atoms with van der Waals surface area (Å²) in [5.41, 5.74) is 5.09. The summed E-state index contributed by atoms with van der Waals surface area (Å²) in [6.07, 6.45) is 1.55. The fraction of sp³-hybridized carbons (Fsp3) is 0.295. The summed E-state index contributed by atoms with van der Waals surface area (Å²) < 4.78 is 36.5. The van der Waals surface area contributed by atoms with Gasteiger partial charge >= 0.3 is 5.97 Å². The smallest absolute Gasteiger partial charge is 0.309 e. The van der Waals surface area contributed by atoms with E-state index >= 15 is 0 Å². The first-order valence-electron chi connectivity index (χ1n) is 17.9. The van der Waals surface area contributed by atoms with E-state index in [4.69, 9.17) is 28.4 Å². The lowest BCUT2D eigenvalue weighted by molar-refractivity contribution is -0.141. The molecule has 274 valence electrons. The Morgan fingerprint density at radius 3 is 1.68 bits per heavy atom. The Morgan fingerprint density at radius 2 is 1.15 bits per heavy atom.